The Labute approximate surface area is 254 Å². The Balaban J connectivity index is 1.60. The van der Waals surface area contributed by atoms with Gasteiger partial charge in [0.15, 0.2) is 30.2 Å². The largest absolute Gasteiger partial charge is 0.743 e. The van der Waals surface area contributed by atoms with E-state index in [2.05, 4.69) is 0 Å². The molecule has 2 aliphatic rings. The first kappa shape index (κ1) is 30.0. The first-order valence-corrected chi connectivity index (χ1v) is 19.3. The van der Waals surface area contributed by atoms with Gasteiger partial charge in [0, 0.05) is 42.1 Å². The maximum absolute atomic E-state index is 12.6. The number of benzene rings is 1. The molecular weight excluding hydrogens is 654 g/mol. The van der Waals surface area contributed by atoms with Gasteiger partial charge in [0.05, 0.1) is 21.9 Å². The lowest BCUT2D eigenvalue weighted by molar-refractivity contribution is -0.655. The maximum atomic E-state index is 12.6. The van der Waals surface area contributed by atoms with Crippen molar-refractivity contribution < 1.29 is 30.7 Å². The molecule has 16 heteroatoms. The number of rotatable bonds is 7. The van der Waals surface area contributed by atoms with Crippen molar-refractivity contribution in [1.29, 1.82) is 0 Å². The normalized spacial score (nSPS) is 22.5. The van der Waals surface area contributed by atoms with E-state index in [4.69, 9.17) is 11.6 Å². The van der Waals surface area contributed by atoms with Gasteiger partial charge in [-0.05, 0) is 42.6 Å². The molecule has 1 N–H and O–H groups in total. The molecule has 2 atom stereocenters. The van der Waals surface area contributed by atoms with Crippen LogP contribution in [0.4, 0.5) is 5.69 Å². The van der Waals surface area contributed by atoms with Gasteiger partial charge >= 0.3 is 0 Å². The molecule has 214 valence electrons. The fourth-order valence-corrected chi connectivity index (χ4v) is 11.8. The summed E-state index contributed by atoms with van der Waals surface area (Å²) in [5.41, 5.74) is 2.32. The van der Waals surface area contributed by atoms with Gasteiger partial charge in [-0.25, -0.2) is 26.0 Å². The number of thiophene rings is 1. The Kier molecular flexibility index (Phi) is 8.27. The summed E-state index contributed by atoms with van der Waals surface area (Å²) >= 11 is 12.4. The SMILES string of the molecule is CSc1cc2c(s1)sc(C=C(C)C=C1Sc3ccc(Cl)cc3[N+]13CCCC3S(=O)(=O)[O-])[n+]2CC(=O)NS(C)(=O)=O. The van der Waals surface area contributed by atoms with Crippen molar-refractivity contribution in [2.24, 2.45) is 0 Å². The van der Waals surface area contributed by atoms with Crippen molar-refractivity contribution >= 4 is 105 Å². The number of carbonyl (C=O) groups excluding carboxylic acids is 1. The van der Waals surface area contributed by atoms with Crippen LogP contribution < -0.4 is 13.8 Å². The van der Waals surface area contributed by atoms with Gasteiger partial charge in [0.1, 0.15) is 0 Å². The van der Waals surface area contributed by atoms with Crippen LogP contribution in [0, 0.1) is 0 Å². The predicted octanol–water partition coefficient (Wildman–Crippen LogP) is 4.72. The highest BCUT2D eigenvalue weighted by atomic mass is 35.5. The van der Waals surface area contributed by atoms with Crippen LogP contribution in [-0.4, -0.2) is 51.7 Å². The molecule has 2 aromatic heterocycles. The second-order valence-corrected chi connectivity index (χ2v) is 17.8. The molecule has 40 heavy (non-hydrogen) atoms. The highest BCUT2D eigenvalue weighted by Crippen LogP contribution is 2.57. The standard InChI is InChI=1S/C24H24ClN3O6S6/c1-14(9-20-27(13-19(29)26-39(3,30)31)16-12-23(35-2)38-24(16)37-20)10-21-28(8-4-5-22(28)40(32,33)34)17-11-15(25)6-7-18(17)36-21/h6-7,9-12,22H,4-5,8,13H2,1-3H3/p+1. The summed E-state index contributed by atoms with van der Waals surface area (Å²) in [6.45, 7) is 2.14. The molecule has 4 heterocycles. The summed E-state index contributed by atoms with van der Waals surface area (Å²) in [4.78, 5) is 13.4. The Bertz CT molecular complexity index is 1810. The number of thiazole rings is 1. The third-order valence-corrected chi connectivity index (χ3v) is 13.4. The van der Waals surface area contributed by atoms with Crippen LogP contribution in [0.25, 0.3) is 15.6 Å². The zero-order chi connectivity index (χ0) is 29.0. The van der Waals surface area contributed by atoms with E-state index in [-0.39, 0.29) is 17.4 Å². The minimum atomic E-state index is -4.62. The minimum absolute atomic E-state index is 0.0784. The smallest absolute Gasteiger partial charge is 0.299 e. The number of thioether (sulfide) groups is 2. The van der Waals surface area contributed by atoms with Crippen molar-refractivity contribution in [3.63, 3.8) is 0 Å². The van der Waals surface area contributed by atoms with Gasteiger partial charge in [0.2, 0.25) is 22.1 Å². The lowest BCUT2D eigenvalue weighted by Gasteiger charge is -2.37. The summed E-state index contributed by atoms with van der Waals surface area (Å²) in [6.07, 6.45) is 7.51. The summed E-state index contributed by atoms with van der Waals surface area (Å²) in [5, 5.41) is 0.769. The van der Waals surface area contributed by atoms with E-state index in [1.54, 1.807) is 39.8 Å². The van der Waals surface area contributed by atoms with Crippen LogP contribution in [0.2, 0.25) is 5.02 Å². The lowest BCUT2D eigenvalue weighted by atomic mass is 10.2. The molecule has 1 amide bonds. The van der Waals surface area contributed by atoms with Crippen LogP contribution in [0.5, 0.6) is 0 Å². The van der Waals surface area contributed by atoms with Crippen LogP contribution in [0.15, 0.2) is 50.0 Å². The topological polar surface area (TPSA) is 124 Å². The average molecular weight is 679 g/mol. The lowest BCUT2D eigenvalue weighted by Crippen LogP contribution is -2.53. The molecule has 2 unspecified atom stereocenters. The number of sulfonamides is 1. The molecular formula is C24H25ClN3O6S6+. The number of quaternary nitrogens is 1. The van der Waals surface area contributed by atoms with Gasteiger partial charge in [-0.2, -0.15) is 4.57 Å². The maximum Gasteiger partial charge on any atom is 0.299 e. The van der Waals surface area contributed by atoms with E-state index < -0.39 is 31.4 Å². The van der Waals surface area contributed by atoms with Gasteiger partial charge in [0.25, 0.3) is 10.9 Å². The summed E-state index contributed by atoms with van der Waals surface area (Å²) in [7, 11) is -8.34. The number of fused-ring (bicyclic) bond motifs is 3. The molecule has 0 aliphatic carbocycles. The molecule has 0 saturated carbocycles. The van der Waals surface area contributed by atoms with Crippen LogP contribution in [-0.2, 0) is 31.5 Å². The number of hydrogen-bond donors (Lipinski definition) is 1. The molecule has 0 radical (unpaired) electrons. The summed E-state index contributed by atoms with van der Waals surface area (Å²) in [6, 6.07) is 7.32. The van der Waals surface area contributed by atoms with Gasteiger partial charge in [-0.15, -0.1) is 23.1 Å². The quantitative estimate of drug-likeness (QED) is 0.165. The van der Waals surface area contributed by atoms with Crippen molar-refractivity contribution in [2.75, 3.05) is 19.1 Å². The van der Waals surface area contributed by atoms with Gasteiger partial charge < -0.3 is 4.55 Å². The second kappa shape index (κ2) is 11.0. The molecule has 2 aliphatic heterocycles. The molecule has 1 aromatic carbocycles. The minimum Gasteiger partial charge on any atom is -0.743 e. The molecule has 0 bridgehead atoms. The fraction of sp³-hybridized carbons (Fsp3) is 0.333. The van der Waals surface area contributed by atoms with E-state index in [9.17, 15) is 26.2 Å². The van der Waals surface area contributed by atoms with Crippen LogP contribution in [0.3, 0.4) is 0 Å². The number of nitrogens with one attached hydrogen (secondary N) is 1. The van der Waals surface area contributed by atoms with Crippen molar-refractivity contribution in [3.8, 4) is 0 Å². The number of amides is 1. The molecule has 5 rings (SSSR count). The monoisotopic (exact) mass is 678 g/mol. The molecule has 1 fully saturated rings. The highest BCUT2D eigenvalue weighted by Gasteiger charge is 2.55. The molecule has 1 saturated heterocycles. The number of carbonyl (C=O) groups is 1. The first-order valence-electron chi connectivity index (χ1n) is 11.9. The van der Waals surface area contributed by atoms with E-state index in [1.807, 2.05) is 42.2 Å². The van der Waals surface area contributed by atoms with Gasteiger partial charge in [-0.1, -0.05) is 22.9 Å². The van der Waals surface area contributed by atoms with Crippen molar-refractivity contribution in [1.82, 2.24) is 9.21 Å². The third-order valence-electron chi connectivity index (χ3n) is 6.66. The van der Waals surface area contributed by atoms with Crippen LogP contribution >= 0.6 is 57.8 Å². The van der Waals surface area contributed by atoms with Crippen LogP contribution in [0.1, 0.15) is 24.8 Å². The predicted molar refractivity (Wildman–Crippen MR) is 163 cm³/mol. The van der Waals surface area contributed by atoms with E-state index in [0.29, 0.717) is 23.7 Å². The first-order chi connectivity index (χ1) is 18.7. The van der Waals surface area contributed by atoms with E-state index in [1.165, 1.54) is 23.1 Å². The number of allylic oxidation sites excluding steroid dienone is 2. The Morgan fingerprint density at radius 2 is 2.02 bits per heavy atom. The second-order valence-electron chi connectivity index (χ2n) is 9.53. The zero-order valence-corrected chi connectivity index (χ0v) is 27.2. The number of hydrogen-bond acceptors (Lipinski definition) is 10. The molecule has 3 aromatic rings. The van der Waals surface area contributed by atoms with E-state index in [0.717, 1.165) is 40.5 Å². The Hall–Kier alpha value is -1.43. The number of halogens is 1. The fourth-order valence-electron chi connectivity index (χ4n) is 5.18. The highest BCUT2D eigenvalue weighted by molar-refractivity contribution is 8.03. The Morgan fingerprint density at radius 1 is 1.27 bits per heavy atom. The van der Waals surface area contributed by atoms with Crippen molar-refractivity contribution in [2.45, 2.75) is 40.8 Å². The molecule has 9 nitrogen and oxygen atoms in total. The average Bonchev–Trinajstić information content (AvgIpc) is 3.58. The van der Waals surface area contributed by atoms with E-state index >= 15 is 0 Å². The summed E-state index contributed by atoms with van der Waals surface area (Å²) in [5.74, 6) is -0.654. The summed E-state index contributed by atoms with van der Waals surface area (Å²) < 4.78 is 66.4. The third kappa shape index (κ3) is 5.77. The van der Waals surface area contributed by atoms with Crippen molar-refractivity contribution in [3.05, 3.63) is 51.0 Å². The molecule has 1 spiro atoms. The number of aromatic nitrogens is 1. The van der Waals surface area contributed by atoms with Gasteiger partial charge in [-0.3, -0.25) is 4.79 Å². The Morgan fingerprint density at radius 3 is 2.70 bits per heavy atom. The zero-order valence-electron chi connectivity index (χ0n) is 21.5. The number of nitrogens with zero attached hydrogens (tertiary/aromatic N) is 2.